The molecule has 190 valence electrons. The number of rotatable bonds is 3. The lowest BCUT2D eigenvalue weighted by Crippen LogP contribution is -2.57. The number of hydrogen-bond donors (Lipinski definition) is 1. The van der Waals surface area contributed by atoms with Crippen molar-refractivity contribution in [2.24, 2.45) is 5.92 Å². The number of carbonyl (C=O) groups excluding carboxylic acids is 5. The van der Waals surface area contributed by atoms with E-state index in [0.29, 0.717) is 13.1 Å². The number of nitrogens with zero attached hydrogens (tertiary/aromatic N) is 1. The second-order valence-electron chi connectivity index (χ2n) is 9.10. The van der Waals surface area contributed by atoms with Gasteiger partial charge in [-0.2, -0.15) is 0 Å². The summed E-state index contributed by atoms with van der Waals surface area (Å²) in [7, 11) is 1.80. The second-order valence-corrected chi connectivity index (χ2v) is 9.10. The Hall–Kier alpha value is -2.79. The van der Waals surface area contributed by atoms with Crippen LogP contribution in [0, 0.1) is 5.92 Å². The van der Waals surface area contributed by atoms with Crippen LogP contribution in [0.1, 0.15) is 47.5 Å². The molecule has 2 aliphatic rings. The van der Waals surface area contributed by atoms with Crippen LogP contribution in [0.25, 0.3) is 0 Å². The van der Waals surface area contributed by atoms with Gasteiger partial charge in [0.15, 0.2) is 11.7 Å². The number of carbonyl (C=O) groups is 5. The SMILES string of the molecule is CC(=O)O[C@H](C)[C@@]1(O)C[C@@H](C)[C@@](C)(OC(C)=O)C(=O)OC/C2=C/CN(C)CC[C@@H](OC1=O)C2=O. The summed E-state index contributed by atoms with van der Waals surface area (Å²) < 4.78 is 21.2. The number of fused-ring (bicyclic) bond motifs is 2. The minimum atomic E-state index is -2.45. The molecule has 11 nitrogen and oxygen atoms in total. The number of ether oxygens (including phenoxy) is 4. The summed E-state index contributed by atoms with van der Waals surface area (Å²) in [6.45, 7) is 6.68. The summed E-state index contributed by atoms with van der Waals surface area (Å²) in [5.74, 6) is -5.25. The Morgan fingerprint density at radius 2 is 1.85 bits per heavy atom. The topological polar surface area (TPSA) is 146 Å². The van der Waals surface area contributed by atoms with E-state index in [1.807, 2.05) is 4.90 Å². The molecule has 0 aromatic carbocycles. The number of ketones is 1. The van der Waals surface area contributed by atoms with E-state index >= 15 is 0 Å². The van der Waals surface area contributed by atoms with E-state index in [2.05, 4.69) is 0 Å². The average Bonchev–Trinajstić information content (AvgIpc) is 2.72. The molecule has 0 aliphatic carbocycles. The van der Waals surface area contributed by atoms with Gasteiger partial charge in [-0.15, -0.1) is 0 Å². The highest BCUT2D eigenvalue weighted by Gasteiger charge is 2.54. The Balaban J connectivity index is 2.61. The molecular weight excluding hydrogens is 450 g/mol. The molecule has 0 aromatic rings. The molecular formula is C23H33NO10. The molecule has 0 spiro atoms. The third-order valence-corrected chi connectivity index (χ3v) is 6.33. The lowest BCUT2D eigenvalue weighted by molar-refractivity contribution is -0.203. The molecule has 34 heavy (non-hydrogen) atoms. The van der Waals surface area contributed by atoms with E-state index in [9.17, 15) is 29.1 Å². The van der Waals surface area contributed by atoms with Crippen molar-refractivity contribution < 1.29 is 48.0 Å². The molecule has 5 atom stereocenters. The van der Waals surface area contributed by atoms with Crippen LogP contribution in [0.15, 0.2) is 11.6 Å². The monoisotopic (exact) mass is 483 g/mol. The molecule has 2 rings (SSSR count). The van der Waals surface area contributed by atoms with Gasteiger partial charge >= 0.3 is 23.9 Å². The van der Waals surface area contributed by atoms with Crippen molar-refractivity contribution in [2.75, 3.05) is 26.7 Å². The van der Waals surface area contributed by atoms with Crippen LogP contribution in [0.5, 0.6) is 0 Å². The minimum Gasteiger partial charge on any atom is -0.459 e. The molecule has 2 aliphatic heterocycles. The average molecular weight is 484 g/mol. The molecule has 0 amide bonds. The summed E-state index contributed by atoms with van der Waals surface area (Å²) in [6.07, 6.45) is -1.43. The maximum Gasteiger partial charge on any atom is 0.350 e. The van der Waals surface area contributed by atoms with Gasteiger partial charge in [-0.3, -0.25) is 14.4 Å². The first-order valence-electron chi connectivity index (χ1n) is 11.1. The number of hydrogen-bond acceptors (Lipinski definition) is 11. The molecule has 1 fully saturated rings. The number of likely N-dealkylation sites (N-methyl/N-ethyl adjacent to an activating group) is 1. The van der Waals surface area contributed by atoms with E-state index in [4.69, 9.17) is 18.9 Å². The number of aliphatic hydroxyl groups is 1. The lowest BCUT2D eigenvalue weighted by atomic mass is 9.78. The maximum atomic E-state index is 13.3. The minimum absolute atomic E-state index is 0.104. The van der Waals surface area contributed by atoms with Crippen LogP contribution in [0.4, 0.5) is 0 Å². The fourth-order valence-corrected chi connectivity index (χ4v) is 3.96. The highest BCUT2D eigenvalue weighted by atomic mass is 16.6. The fourth-order valence-electron chi connectivity index (χ4n) is 3.96. The molecule has 1 N–H and O–H groups in total. The fraction of sp³-hybridized carbons (Fsp3) is 0.696. The summed E-state index contributed by atoms with van der Waals surface area (Å²) in [6, 6.07) is 0. The van der Waals surface area contributed by atoms with Crippen LogP contribution >= 0.6 is 0 Å². The van der Waals surface area contributed by atoms with Crippen molar-refractivity contribution in [3.63, 3.8) is 0 Å². The Morgan fingerprint density at radius 3 is 2.44 bits per heavy atom. The van der Waals surface area contributed by atoms with Gasteiger partial charge < -0.3 is 29.0 Å². The van der Waals surface area contributed by atoms with Crippen LogP contribution in [-0.2, 0) is 42.9 Å². The van der Waals surface area contributed by atoms with Crippen molar-refractivity contribution in [1.29, 1.82) is 0 Å². The molecule has 0 aromatic heterocycles. The Labute approximate surface area is 198 Å². The predicted octanol–water partition coefficient (Wildman–Crippen LogP) is 0.317. The molecule has 1 saturated heterocycles. The van der Waals surface area contributed by atoms with Crippen molar-refractivity contribution in [1.82, 2.24) is 4.90 Å². The standard InChI is InChI=1S/C23H33NO10/c1-13-11-23(30,14(2)32-15(3)25)21(29)33-18-8-10-24(6)9-7-17(19(18)27)12-31-20(28)22(13,5)34-16(4)26/h7,13-14,18,30H,8-12H2,1-6H3/b17-7-/t13-,14-,18-,22-,23+/m1/s1. The summed E-state index contributed by atoms with van der Waals surface area (Å²) in [4.78, 5) is 64.8. The quantitative estimate of drug-likeness (QED) is 0.437. The van der Waals surface area contributed by atoms with Gasteiger partial charge in [0.1, 0.15) is 12.7 Å². The lowest BCUT2D eigenvalue weighted by Gasteiger charge is -2.39. The Bertz CT molecular complexity index is 883. The van der Waals surface area contributed by atoms with Gasteiger partial charge in [0.2, 0.25) is 11.4 Å². The van der Waals surface area contributed by atoms with E-state index < -0.39 is 72.0 Å². The second kappa shape index (κ2) is 10.6. The van der Waals surface area contributed by atoms with E-state index in [1.165, 1.54) is 20.8 Å². The van der Waals surface area contributed by atoms with Gasteiger partial charge in [0, 0.05) is 44.8 Å². The van der Waals surface area contributed by atoms with Gasteiger partial charge in [-0.25, -0.2) is 9.59 Å². The van der Waals surface area contributed by atoms with Gasteiger partial charge in [0.25, 0.3) is 0 Å². The highest BCUT2D eigenvalue weighted by Crippen LogP contribution is 2.35. The van der Waals surface area contributed by atoms with Crippen LogP contribution < -0.4 is 0 Å². The van der Waals surface area contributed by atoms with E-state index in [-0.39, 0.29) is 12.0 Å². The van der Waals surface area contributed by atoms with Crippen LogP contribution in [0.2, 0.25) is 0 Å². The normalized spacial score (nSPS) is 34.0. The molecule has 0 unspecified atom stereocenters. The smallest absolute Gasteiger partial charge is 0.350 e. The van der Waals surface area contributed by atoms with E-state index in [0.717, 1.165) is 13.8 Å². The van der Waals surface area contributed by atoms with Gasteiger partial charge in [0.05, 0.1) is 0 Å². The molecule has 2 bridgehead atoms. The summed E-state index contributed by atoms with van der Waals surface area (Å²) >= 11 is 0. The first-order valence-corrected chi connectivity index (χ1v) is 11.1. The first kappa shape index (κ1) is 27.5. The molecule has 0 radical (unpaired) electrons. The molecule has 0 saturated carbocycles. The number of esters is 4. The Morgan fingerprint density at radius 1 is 1.21 bits per heavy atom. The van der Waals surface area contributed by atoms with Gasteiger partial charge in [-0.05, 0) is 27.3 Å². The highest BCUT2D eigenvalue weighted by molar-refractivity contribution is 6.01. The largest absolute Gasteiger partial charge is 0.459 e. The molecule has 2 heterocycles. The van der Waals surface area contributed by atoms with Crippen LogP contribution in [0.3, 0.4) is 0 Å². The first-order chi connectivity index (χ1) is 15.7. The van der Waals surface area contributed by atoms with Crippen LogP contribution in [-0.4, -0.2) is 89.8 Å². The Kier molecular flexibility index (Phi) is 8.59. The number of Topliss-reactive ketones (excluding diaryl/α,β-unsaturated/α-hetero) is 1. The summed E-state index contributed by atoms with van der Waals surface area (Å²) in [5, 5.41) is 11.4. The van der Waals surface area contributed by atoms with Crippen molar-refractivity contribution >= 4 is 29.7 Å². The zero-order chi connectivity index (χ0) is 25.8. The maximum absolute atomic E-state index is 13.3. The van der Waals surface area contributed by atoms with Crippen molar-refractivity contribution in [3.8, 4) is 0 Å². The van der Waals surface area contributed by atoms with Gasteiger partial charge in [-0.1, -0.05) is 13.0 Å². The van der Waals surface area contributed by atoms with Crippen molar-refractivity contribution in [2.45, 2.75) is 70.9 Å². The summed E-state index contributed by atoms with van der Waals surface area (Å²) in [5.41, 5.74) is -4.27. The zero-order valence-corrected chi connectivity index (χ0v) is 20.4. The zero-order valence-electron chi connectivity index (χ0n) is 20.4. The third kappa shape index (κ3) is 6.01. The third-order valence-electron chi connectivity index (χ3n) is 6.33. The van der Waals surface area contributed by atoms with E-state index in [1.54, 1.807) is 13.1 Å². The number of cyclic esters (lactones) is 1. The van der Waals surface area contributed by atoms with Crippen molar-refractivity contribution in [3.05, 3.63) is 11.6 Å². The predicted molar refractivity (Wildman–Crippen MR) is 116 cm³/mol. The molecule has 11 heteroatoms.